The largest absolute Gasteiger partial charge is 0.468 e. The minimum atomic E-state index is 0.452. The highest BCUT2D eigenvalue weighted by Gasteiger charge is 2.04. The van der Waals surface area contributed by atoms with Crippen LogP contribution in [0.2, 0.25) is 0 Å². The topological polar surface area (TPSA) is 52.0 Å². The summed E-state index contributed by atoms with van der Waals surface area (Å²) in [5.74, 6) is 0.863. The second-order valence-corrected chi connectivity index (χ2v) is 3.11. The predicted molar refractivity (Wildman–Crippen MR) is 53.6 cm³/mol. The van der Waals surface area contributed by atoms with Crippen molar-refractivity contribution < 1.29 is 4.42 Å². The van der Waals surface area contributed by atoms with Gasteiger partial charge in [0.2, 0.25) is 0 Å². The Morgan fingerprint density at radius 3 is 2.71 bits per heavy atom. The zero-order valence-electron chi connectivity index (χ0n) is 7.81. The summed E-state index contributed by atoms with van der Waals surface area (Å²) in [5, 5.41) is 0. The van der Waals surface area contributed by atoms with Crippen molar-refractivity contribution in [2.75, 3.05) is 0 Å². The van der Waals surface area contributed by atoms with Gasteiger partial charge in [0, 0.05) is 18.8 Å². The summed E-state index contributed by atoms with van der Waals surface area (Å²) >= 11 is 0. The Balaban J connectivity index is 2.19. The Labute approximate surface area is 82.6 Å². The quantitative estimate of drug-likeness (QED) is 0.798. The van der Waals surface area contributed by atoms with Crippen molar-refractivity contribution in [1.82, 2.24) is 4.98 Å². The zero-order valence-corrected chi connectivity index (χ0v) is 7.81. The van der Waals surface area contributed by atoms with Crippen LogP contribution in [0.5, 0.6) is 0 Å². The van der Waals surface area contributed by atoms with Gasteiger partial charge in [-0.05, 0) is 29.3 Å². The molecular weight excluding hydrogens is 176 g/mol. The molecule has 0 spiro atoms. The SMILES string of the molecule is NCc1occc1Cc1ccncc1. The second-order valence-electron chi connectivity index (χ2n) is 3.11. The van der Waals surface area contributed by atoms with E-state index in [4.69, 9.17) is 10.2 Å². The number of aromatic nitrogens is 1. The van der Waals surface area contributed by atoms with E-state index in [1.807, 2.05) is 18.2 Å². The van der Waals surface area contributed by atoms with E-state index >= 15 is 0 Å². The van der Waals surface area contributed by atoms with E-state index in [0.29, 0.717) is 6.54 Å². The fourth-order valence-corrected chi connectivity index (χ4v) is 1.42. The van der Waals surface area contributed by atoms with E-state index < -0.39 is 0 Å². The van der Waals surface area contributed by atoms with Crippen molar-refractivity contribution in [3.63, 3.8) is 0 Å². The molecule has 0 saturated heterocycles. The molecule has 2 heterocycles. The van der Waals surface area contributed by atoms with Crippen LogP contribution < -0.4 is 5.73 Å². The van der Waals surface area contributed by atoms with Crippen molar-refractivity contribution in [3.8, 4) is 0 Å². The van der Waals surface area contributed by atoms with E-state index in [1.54, 1.807) is 18.7 Å². The van der Waals surface area contributed by atoms with Crippen LogP contribution in [0.15, 0.2) is 41.3 Å². The smallest absolute Gasteiger partial charge is 0.120 e. The van der Waals surface area contributed by atoms with E-state index in [0.717, 1.165) is 17.7 Å². The first-order chi connectivity index (χ1) is 6.90. The highest BCUT2D eigenvalue weighted by Crippen LogP contribution is 2.14. The fraction of sp³-hybridized carbons (Fsp3) is 0.182. The third-order valence-electron chi connectivity index (χ3n) is 2.17. The van der Waals surface area contributed by atoms with Gasteiger partial charge in [-0.3, -0.25) is 4.98 Å². The van der Waals surface area contributed by atoms with Gasteiger partial charge in [0.1, 0.15) is 5.76 Å². The third-order valence-corrected chi connectivity index (χ3v) is 2.17. The van der Waals surface area contributed by atoms with Crippen LogP contribution in [-0.2, 0) is 13.0 Å². The fourth-order valence-electron chi connectivity index (χ4n) is 1.42. The summed E-state index contributed by atoms with van der Waals surface area (Å²) in [6, 6.07) is 5.95. The summed E-state index contributed by atoms with van der Waals surface area (Å²) < 4.78 is 5.25. The molecule has 2 aromatic rings. The molecule has 2 N–H and O–H groups in total. The number of pyridine rings is 1. The average molecular weight is 188 g/mol. The summed E-state index contributed by atoms with van der Waals surface area (Å²) in [5.41, 5.74) is 7.91. The lowest BCUT2D eigenvalue weighted by Gasteiger charge is -1.99. The maximum atomic E-state index is 5.54. The minimum absolute atomic E-state index is 0.452. The molecule has 3 heteroatoms. The molecule has 14 heavy (non-hydrogen) atoms. The van der Waals surface area contributed by atoms with Crippen LogP contribution in [0.25, 0.3) is 0 Å². The first-order valence-electron chi connectivity index (χ1n) is 4.54. The third kappa shape index (κ3) is 1.83. The van der Waals surface area contributed by atoms with Gasteiger partial charge in [0.15, 0.2) is 0 Å². The molecule has 0 aliphatic rings. The van der Waals surface area contributed by atoms with Crippen LogP contribution in [0.4, 0.5) is 0 Å². The normalized spacial score (nSPS) is 10.4. The standard InChI is InChI=1S/C11H12N2O/c12-8-11-10(3-6-14-11)7-9-1-4-13-5-2-9/h1-6H,7-8,12H2. The first-order valence-corrected chi connectivity index (χ1v) is 4.54. The number of rotatable bonds is 3. The Morgan fingerprint density at radius 2 is 2.00 bits per heavy atom. The van der Waals surface area contributed by atoms with Crippen LogP contribution in [0, 0.1) is 0 Å². The Morgan fingerprint density at radius 1 is 1.21 bits per heavy atom. The lowest BCUT2D eigenvalue weighted by Crippen LogP contribution is -1.98. The molecule has 72 valence electrons. The van der Waals surface area contributed by atoms with Crippen LogP contribution >= 0.6 is 0 Å². The van der Waals surface area contributed by atoms with E-state index in [2.05, 4.69) is 4.98 Å². The average Bonchev–Trinajstić information content (AvgIpc) is 2.67. The van der Waals surface area contributed by atoms with E-state index in [1.165, 1.54) is 5.56 Å². The van der Waals surface area contributed by atoms with Gasteiger partial charge in [-0.25, -0.2) is 0 Å². The van der Waals surface area contributed by atoms with Gasteiger partial charge in [-0.1, -0.05) is 0 Å². The monoisotopic (exact) mass is 188 g/mol. The molecule has 0 aromatic carbocycles. The van der Waals surface area contributed by atoms with E-state index in [-0.39, 0.29) is 0 Å². The number of nitrogens with zero attached hydrogens (tertiary/aromatic N) is 1. The summed E-state index contributed by atoms with van der Waals surface area (Å²) in [4.78, 5) is 3.97. The summed E-state index contributed by atoms with van der Waals surface area (Å²) in [7, 11) is 0. The molecule has 0 unspecified atom stereocenters. The van der Waals surface area contributed by atoms with Crippen LogP contribution in [-0.4, -0.2) is 4.98 Å². The Bertz CT molecular complexity index is 395. The lowest BCUT2D eigenvalue weighted by atomic mass is 10.1. The van der Waals surface area contributed by atoms with Gasteiger partial charge in [-0.2, -0.15) is 0 Å². The molecule has 0 saturated carbocycles. The molecule has 2 aromatic heterocycles. The highest BCUT2D eigenvalue weighted by atomic mass is 16.3. The predicted octanol–water partition coefficient (Wildman–Crippen LogP) is 1.72. The van der Waals surface area contributed by atoms with Crippen molar-refractivity contribution in [1.29, 1.82) is 0 Å². The molecule has 0 radical (unpaired) electrons. The van der Waals surface area contributed by atoms with Gasteiger partial charge in [0.25, 0.3) is 0 Å². The summed E-state index contributed by atoms with van der Waals surface area (Å²) in [6.07, 6.45) is 6.11. The molecule has 2 rings (SSSR count). The van der Waals surface area contributed by atoms with Crippen molar-refractivity contribution in [2.24, 2.45) is 5.73 Å². The van der Waals surface area contributed by atoms with Gasteiger partial charge in [-0.15, -0.1) is 0 Å². The van der Waals surface area contributed by atoms with Crippen molar-refractivity contribution in [3.05, 3.63) is 53.7 Å². The molecule has 0 atom stereocenters. The highest BCUT2D eigenvalue weighted by molar-refractivity contribution is 5.25. The maximum Gasteiger partial charge on any atom is 0.120 e. The molecule has 0 aliphatic heterocycles. The minimum Gasteiger partial charge on any atom is -0.468 e. The van der Waals surface area contributed by atoms with Crippen molar-refractivity contribution in [2.45, 2.75) is 13.0 Å². The molecule has 0 fully saturated rings. The molecule has 0 amide bonds. The maximum absolute atomic E-state index is 5.54. The zero-order chi connectivity index (χ0) is 9.80. The number of hydrogen-bond acceptors (Lipinski definition) is 3. The van der Waals surface area contributed by atoms with E-state index in [9.17, 15) is 0 Å². The number of furan rings is 1. The molecule has 3 nitrogen and oxygen atoms in total. The molecule has 0 bridgehead atoms. The van der Waals surface area contributed by atoms with Crippen LogP contribution in [0.1, 0.15) is 16.9 Å². The Kier molecular flexibility index (Phi) is 2.60. The van der Waals surface area contributed by atoms with Crippen LogP contribution in [0.3, 0.4) is 0 Å². The van der Waals surface area contributed by atoms with Gasteiger partial charge < -0.3 is 10.2 Å². The van der Waals surface area contributed by atoms with Gasteiger partial charge in [0.05, 0.1) is 12.8 Å². The number of hydrogen-bond donors (Lipinski definition) is 1. The Hall–Kier alpha value is -1.61. The second kappa shape index (κ2) is 4.07. The first kappa shape index (κ1) is 8.97. The van der Waals surface area contributed by atoms with Crippen molar-refractivity contribution >= 4 is 0 Å². The molecular formula is C11H12N2O. The summed E-state index contributed by atoms with van der Waals surface area (Å²) in [6.45, 7) is 0.452. The number of nitrogens with two attached hydrogens (primary N) is 1. The van der Waals surface area contributed by atoms with Gasteiger partial charge >= 0.3 is 0 Å². The molecule has 0 aliphatic carbocycles. The lowest BCUT2D eigenvalue weighted by molar-refractivity contribution is 0.508.